The number of amides is 1. The smallest absolute Gasteiger partial charge is 0.252 e. The van der Waals surface area contributed by atoms with Gasteiger partial charge in [0, 0.05) is 36.6 Å². The monoisotopic (exact) mass is 457 g/mol. The van der Waals surface area contributed by atoms with Crippen LogP contribution in [0.2, 0.25) is 0 Å². The summed E-state index contributed by atoms with van der Waals surface area (Å²) in [6.45, 7) is 3.59. The molecule has 0 spiro atoms. The fourth-order valence-electron chi connectivity index (χ4n) is 4.38. The van der Waals surface area contributed by atoms with Crippen LogP contribution in [0.15, 0.2) is 24.4 Å². The molecule has 2 fully saturated rings. The lowest BCUT2D eigenvalue weighted by Gasteiger charge is -2.30. The summed E-state index contributed by atoms with van der Waals surface area (Å²) in [4.78, 5) is 22.9. The number of primary amides is 1. The molecule has 1 amide bonds. The number of rotatable bonds is 9. The number of nitrogens with two attached hydrogens (primary N) is 2. The predicted octanol–water partition coefficient (Wildman–Crippen LogP) is 2.61. The van der Waals surface area contributed by atoms with E-state index in [9.17, 15) is 9.18 Å². The Morgan fingerprint density at radius 1 is 1.18 bits per heavy atom. The number of aromatic nitrogens is 2. The molecule has 9 nitrogen and oxygen atoms in total. The molecule has 2 aromatic rings. The van der Waals surface area contributed by atoms with Crippen molar-refractivity contribution >= 4 is 23.2 Å². The van der Waals surface area contributed by atoms with Gasteiger partial charge in [-0.05, 0) is 50.9 Å². The van der Waals surface area contributed by atoms with Crippen molar-refractivity contribution in [2.75, 3.05) is 36.9 Å². The molecule has 1 saturated carbocycles. The van der Waals surface area contributed by atoms with Gasteiger partial charge < -0.3 is 26.8 Å². The summed E-state index contributed by atoms with van der Waals surface area (Å²) in [7, 11) is 0. The number of halogens is 1. The molecule has 1 aliphatic heterocycles. The number of hydrogen-bond donors (Lipinski definition) is 4. The van der Waals surface area contributed by atoms with Crippen LogP contribution in [0.1, 0.15) is 48.9 Å². The second-order valence-corrected chi connectivity index (χ2v) is 8.68. The van der Waals surface area contributed by atoms with Gasteiger partial charge in [-0.15, -0.1) is 0 Å². The quantitative estimate of drug-likeness (QED) is 0.452. The molecule has 1 aliphatic carbocycles. The van der Waals surface area contributed by atoms with Crippen molar-refractivity contribution in [2.24, 2.45) is 11.5 Å². The minimum Gasteiger partial charge on any atom is -0.476 e. The van der Waals surface area contributed by atoms with Crippen molar-refractivity contribution in [1.29, 1.82) is 0 Å². The molecule has 0 aromatic carbocycles. The average molecular weight is 458 g/mol. The summed E-state index contributed by atoms with van der Waals surface area (Å²) < 4.78 is 20.5. The maximum Gasteiger partial charge on any atom is 0.252 e. The molecule has 2 atom stereocenters. The molecule has 2 unspecified atom stereocenters. The van der Waals surface area contributed by atoms with Gasteiger partial charge in [0.2, 0.25) is 5.88 Å². The number of nitrogens with zero attached hydrogens (tertiary/aromatic N) is 3. The Morgan fingerprint density at radius 3 is 2.73 bits per heavy atom. The van der Waals surface area contributed by atoms with Crippen molar-refractivity contribution < 1.29 is 13.9 Å². The molecule has 1 saturated heterocycles. The van der Waals surface area contributed by atoms with E-state index in [2.05, 4.69) is 25.5 Å². The zero-order valence-corrected chi connectivity index (χ0v) is 18.7. The van der Waals surface area contributed by atoms with E-state index in [0.29, 0.717) is 18.2 Å². The van der Waals surface area contributed by atoms with E-state index < -0.39 is 11.7 Å². The largest absolute Gasteiger partial charge is 0.476 e. The first-order valence-corrected chi connectivity index (χ1v) is 11.6. The number of nitrogens with one attached hydrogen (secondary N) is 2. The van der Waals surface area contributed by atoms with E-state index in [1.54, 1.807) is 18.3 Å². The summed E-state index contributed by atoms with van der Waals surface area (Å²) in [6, 6.07) is 4.37. The third-order valence-corrected chi connectivity index (χ3v) is 6.24. The van der Waals surface area contributed by atoms with Gasteiger partial charge in [-0.1, -0.05) is 12.8 Å². The summed E-state index contributed by atoms with van der Waals surface area (Å²) in [5.74, 6) is -0.770. The third kappa shape index (κ3) is 6.08. The molecule has 0 radical (unpaired) electrons. The number of carbonyl (C=O) groups excluding carboxylic acids is 1. The third-order valence-electron chi connectivity index (χ3n) is 6.24. The van der Waals surface area contributed by atoms with Gasteiger partial charge in [-0.3, -0.25) is 9.69 Å². The highest BCUT2D eigenvalue weighted by molar-refractivity contribution is 5.98. The number of hydrogen-bond acceptors (Lipinski definition) is 8. The molecule has 2 aliphatic rings. The van der Waals surface area contributed by atoms with Crippen LogP contribution in [-0.4, -0.2) is 59.1 Å². The first kappa shape index (κ1) is 23.2. The minimum absolute atomic E-state index is 0.0423. The van der Waals surface area contributed by atoms with Crippen molar-refractivity contribution in [2.45, 2.75) is 50.6 Å². The van der Waals surface area contributed by atoms with Gasteiger partial charge in [-0.25, -0.2) is 14.4 Å². The van der Waals surface area contributed by atoms with Crippen molar-refractivity contribution in [3.05, 3.63) is 35.8 Å². The van der Waals surface area contributed by atoms with E-state index in [4.69, 9.17) is 16.2 Å². The van der Waals surface area contributed by atoms with Crippen LogP contribution in [0.25, 0.3) is 0 Å². The highest BCUT2D eigenvalue weighted by atomic mass is 19.1. The van der Waals surface area contributed by atoms with Gasteiger partial charge >= 0.3 is 0 Å². The summed E-state index contributed by atoms with van der Waals surface area (Å²) in [5, 5.41) is 6.17. The Kier molecular flexibility index (Phi) is 7.56. The van der Waals surface area contributed by atoms with E-state index >= 15 is 0 Å². The van der Waals surface area contributed by atoms with Gasteiger partial charge in [-0.2, -0.15) is 0 Å². The SMILES string of the molecule is NC(=O)c1cc(F)c(NC2CCCCC2N)nc1Nc1ccnc(OCCN2CCCC2)c1. The molecular formula is C23H32FN7O2. The molecule has 10 heteroatoms. The first-order valence-electron chi connectivity index (χ1n) is 11.6. The van der Waals surface area contributed by atoms with Crippen LogP contribution in [0.4, 0.5) is 21.7 Å². The normalized spacial score (nSPS) is 21.0. The van der Waals surface area contributed by atoms with Crippen LogP contribution in [0, 0.1) is 5.82 Å². The van der Waals surface area contributed by atoms with Gasteiger partial charge in [0.05, 0.1) is 5.56 Å². The molecule has 6 N–H and O–H groups in total. The summed E-state index contributed by atoms with van der Waals surface area (Å²) in [5.41, 5.74) is 12.2. The zero-order chi connectivity index (χ0) is 23.2. The molecule has 4 rings (SSSR count). The Hall–Kier alpha value is -2.98. The Morgan fingerprint density at radius 2 is 1.97 bits per heavy atom. The maximum absolute atomic E-state index is 14.7. The lowest BCUT2D eigenvalue weighted by atomic mass is 9.91. The minimum atomic E-state index is -0.777. The second-order valence-electron chi connectivity index (χ2n) is 8.68. The highest BCUT2D eigenvalue weighted by Crippen LogP contribution is 2.27. The lowest BCUT2D eigenvalue weighted by molar-refractivity contribution is 0.100. The van der Waals surface area contributed by atoms with Gasteiger partial charge in [0.15, 0.2) is 11.6 Å². The van der Waals surface area contributed by atoms with Crippen molar-refractivity contribution in [3.63, 3.8) is 0 Å². The molecule has 33 heavy (non-hydrogen) atoms. The summed E-state index contributed by atoms with van der Waals surface area (Å²) >= 11 is 0. The van der Waals surface area contributed by atoms with Crippen LogP contribution < -0.4 is 26.8 Å². The van der Waals surface area contributed by atoms with E-state index in [-0.39, 0.29) is 29.3 Å². The summed E-state index contributed by atoms with van der Waals surface area (Å²) in [6.07, 6.45) is 7.86. The van der Waals surface area contributed by atoms with Crippen molar-refractivity contribution in [3.8, 4) is 5.88 Å². The number of anilines is 3. The number of pyridine rings is 2. The van der Waals surface area contributed by atoms with E-state index in [0.717, 1.165) is 51.4 Å². The van der Waals surface area contributed by atoms with Crippen LogP contribution in [0.5, 0.6) is 5.88 Å². The van der Waals surface area contributed by atoms with Crippen molar-refractivity contribution in [1.82, 2.24) is 14.9 Å². The molecule has 178 valence electrons. The van der Waals surface area contributed by atoms with Crippen LogP contribution in [-0.2, 0) is 0 Å². The van der Waals surface area contributed by atoms with Gasteiger partial charge in [0.1, 0.15) is 12.4 Å². The second kappa shape index (κ2) is 10.8. The molecule has 0 bridgehead atoms. The highest BCUT2D eigenvalue weighted by Gasteiger charge is 2.24. The molecular weight excluding hydrogens is 425 g/mol. The topological polar surface area (TPSA) is 131 Å². The predicted molar refractivity (Wildman–Crippen MR) is 125 cm³/mol. The maximum atomic E-state index is 14.7. The standard InChI is InChI=1S/C23H32FN7O2/c24-17-14-16(21(26)32)22(30-23(17)29-19-6-2-1-5-18(19)25)28-15-7-8-27-20(13-15)33-12-11-31-9-3-4-10-31/h7-8,13-14,18-19H,1-6,9-12,25H2,(H2,26,32)(H2,27,28,29,30). The number of likely N-dealkylation sites (tertiary alicyclic amines) is 1. The average Bonchev–Trinajstić information content (AvgIpc) is 3.31. The zero-order valence-electron chi connectivity index (χ0n) is 18.7. The Labute approximate surface area is 193 Å². The molecule has 3 heterocycles. The first-order chi connectivity index (χ1) is 16.0. The molecule has 2 aromatic heterocycles. The van der Waals surface area contributed by atoms with E-state index in [1.165, 1.54) is 12.8 Å². The Balaban J connectivity index is 1.48. The van der Waals surface area contributed by atoms with Gasteiger partial charge in [0.25, 0.3) is 5.91 Å². The van der Waals surface area contributed by atoms with Crippen LogP contribution in [0.3, 0.4) is 0 Å². The number of ether oxygens (including phenoxy) is 1. The fourth-order valence-corrected chi connectivity index (χ4v) is 4.38. The van der Waals surface area contributed by atoms with E-state index in [1.807, 2.05) is 0 Å². The van der Waals surface area contributed by atoms with Crippen LogP contribution >= 0.6 is 0 Å². The lowest BCUT2D eigenvalue weighted by Crippen LogP contribution is -2.43. The number of carbonyl (C=O) groups is 1. The Bertz CT molecular complexity index is 968. The fraction of sp³-hybridized carbons (Fsp3) is 0.522.